The van der Waals surface area contributed by atoms with Crippen LogP contribution >= 0.6 is 0 Å². The number of rotatable bonds is 3. The Bertz CT molecular complexity index is 532. The number of amides is 1. The molecule has 0 spiro atoms. The Kier molecular flexibility index (Phi) is 3.10. The Hall–Kier alpha value is -2.29. The van der Waals surface area contributed by atoms with Gasteiger partial charge in [-0.15, -0.1) is 0 Å². The van der Waals surface area contributed by atoms with E-state index in [1.807, 2.05) is 36.4 Å². The minimum Gasteiger partial charge on any atom is -0.497 e. The van der Waals surface area contributed by atoms with Crippen LogP contribution in [-0.2, 0) is 0 Å². The highest BCUT2D eigenvalue weighted by atomic mass is 16.5. The molecule has 0 aliphatic heterocycles. The van der Waals surface area contributed by atoms with E-state index >= 15 is 0 Å². The fourth-order valence-corrected chi connectivity index (χ4v) is 1.65. The van der Waals surface area contributed by atoms with Crippen LogP contribution in [0.4, 0.5) is 0 Å². The summed E-state index contributed by atoms with van der Waals surface area (Å²) in [5.41, 5.74) is 7.41. The molecule has 2 rings (SSSR count). The SMILES string of the molecule is COc1ccc(-c2ccc[c]c2C(N)=O)cc1. The smallest absolute Gasteiger partial charge is 0.249 e. The van der Waals surface area contributed by atoms with Crippen LogP contribution in [0.5, 0.6) is 5.75 Å². The van der Waals surface area contributed by atoms with Crippen LogP contribution in [0.25, 0.3) is 11.1 Å². The minimum absolute atomic E-state index is 0.401. The van der Waals surface area contributed by atoms with Crippen molar-refractivity contribution >= 4 is 5.91 Å². The quantitative estimate of drug-likeness (QED) is 0.872. The molecule has 3 heteroatoms. The van der Waals surface area contributed by atoms with Gasteiger partial charge in [0, 0.05) is 0 Å². The van der Waals surface area contributed by atoms with Crippen LogP contribution in [0.15, 0.2) is 42.5 Å². The zero-order valence-electron chi connectivity index (χ0n) is 9.44. The van der Waals surface area contributed by atoms with Crippen molar-refractivity contribution in [3.63, 3.8) is 0 Å². The third-order valence-electron chi connectivity index (χ3n) is 2.50. The molecule has 17 heavy (non-hydrogen) atoms. The molecule has 0 fully saturated rings. The molecule has 1 amide bonds. The molecule has 0 bridgehead atoms. The van der Waals surface area contributed by atoms with E-state index in [1.54, 1.807) is 13.2 Å². The van der Waals surface area contributed by atoms with Crippen LogP contribution in [-0.4, -0.2) is 13.0 Å². The second-order valence-electron chi connectivity index (χ2n) is 3.55. The van der Waals surface area contributed by atoms with Crippen LogP contribution in [0, 0.1) is 6.07 Å². The Labute approximate surface area is 99.8 Å². The first-order valence-electron chi connectivity index (χ1n) is 5.17. The Morgan fingerprint density at radius 3 is 2.53 bits per heavy atom. The summed E-state index contributed by atoms with van der Waals surface area (Å²) >= 11 is 0. The second-order valence-corrected chi connectivity index (χ2v) is 3.55. The number of carbonyl (C=O) groups is 1. The van der Waals surface area contributed by atoms with Gasteiger partial charge < -0.3 is 10.5 Å². The number of hydrogen-bond acceptors (Lipinski definition) is 2. The number of ether oxygens (including phenoxy) is 1. The molecule has 2 aromatic rings. The summed E-state index contributed by atoms with van der Waals surface area (Å²) in [7, 11) is 1.61. The molecule has 0 atom stereocenters. The lowest BCUT2D eigenvalue weighted by atomic mass is 9.99. The lowest BCUT2D eigenvalue weighted by Crippen LogP contribution is -2.12. The van der Waals surface area contributed by atoms with Crippen molar-refractivity contribution in [1.82, 2.24) is 0 Å². The van der Waals surface area contributed by atoms with E-state index < -0.39 is 5.91 Å². The summed E-state index contributed by atoms with van der Waals surface area (Å²) in [4.78, 5) is 11.3. The average molecular weight is 226 g/mol. The molecule has 0 aliphatic carbocycles. The van der Waals surface area contributed by atoms with Gasteiger partial charge in [-0.1, -0.05) is 30.3 Å². The molecule has 2 aromatic carbocycles. The van der Waals surface area contributed by atoms with Gasteiger partial charge in [0.1, 0.15) is 5.75 Å². The Balaban J connectivity index is 2.48. The first-order valence-corrected chi connectivity index (χ1v) is 5.17. The van der Waals surface area contributed by atoms with E-state index in [0.717, 1.165) is 16.9 Å². The van der Waals surface area contributed by atoms with Crippen LogP contribution in [0.1, 0.15) is 10.4 Å². The maximum atomic E-state index is 11.3. The van der Waals surface area contributed by atoms with Gasteiger partial charge in [-0.3, -0.25) is 4.79 Å². The van der Waals surface area contributed by atoms with E-state index in [-0.39, 0.29) is 0 Å². The Morgan fingerprint density at radius 1 is 1.24 bits per heavy atom. The fourth-order valence-electron chi connectivity index (χ4n) is 1.65. The normalized spacial score (nSPS) is 9.94. The van der Waals surface area contributed by atoms with Crippen LogP contribution in [0.3, 0.4) is 0 Å². The number of primary amides is 1. The van der Waals surface area contributed by atoms with Crippen molar-refractivity contribution in [2.24, 2.45) is 5.73 Å². The van der Waals surface area contributed by atoms with E-state index in [4.69, 9.17) is 10.5 Å². The maximum Gasteiger partial charge on any atom is 0.249 e. The second kappa shape index (κ2) is 4.70. The summed E-state index contributed by atoms with van der Waals surface area (Å²) in [6.45, 7) is 0. The van der Waals surface area contributed by atoms with Crippen LogP contribution < -0.4 is 10.5 Å². The molecule has 2 N–H and O–H groups in total. The molecule has 0 aromatic heterocycles. The molecule has 0 saturated heterocycles. The number of carbonyl (C=O) groups excluding carboxylic acids is 1. The third kappa shape index (κ3) is 2.28. The highest BCUT2D eigenvalue weighted by molar-refractivity contribution is 5.99. The lowest BCUT2D eigenvalue weighted by Gasteiger charge is -2.07. The van der Waals surface area contributed by atoms with Crippen molar-refractivity contribution in [2.75, 3.05) is 7.11 Å². The highest BCUT2D eigenvalue weighted by Crippen LogP contribution is 2.25. The molecule has 0 unspecified atom stereocenters. The van der Waals surface area contributed by atoms with Crippen molar-refractivity contribution in [3.05, 3.63) is 54.1 Å². The van der Waals surface area contributed by atoms with Gasteiger partial charge in [0.2, 0.25) is 5.91 Å². The monoisotopic (exact) mass is 226 g/mol. The molecule has 3 nitrogen and oxygen atoms in total. The number of benzene rings is 2. The standard InChI is InChI=1S/C14H12NO2/c1-17-11-8-6-10(7-9-11)12-4-2-3-5-13(12)14(15)16/h2-4,6-9H,1H3,(H2,15,16). The first-order chi connectivity index (χ1) is 8.22. The number of hydrogen-bond donors (Lipinski definition) is 1. The Morgan fingerprint density at radius 2 is 1.94 bits per heavy atom. The molecular weight excluding hydrogens is 214 g/mol. The van der Waals surface area contributed by atoms with Crippen molar-refractivity contribution in [1.29, 1.82) is 0 Å². The van der Waals surface area contributed by atoms with Gasteiger partial charge in [-0.05, 0) is 29.3 Å². The predicted molar refractivity (Wildman–Crippen MR) is 65.8 cm³/mol. The molecule has 0 saturated carbocycles. The molecular formula is C14H12NO2. The zero-order valence-corrected chi connectivity index (χ0v) is 9.44. The summed E-state index contributed by atoms with van der Waals surface area (Å²) in [5.74, 6) is 0.297. The highest BCUT2D eigenvalue weighted by Gasteiger charge is 2.09. The largest absolute Gasteiger partial charge is 0.497 e. The molecule has 1 radical (unpaired) electrons. The average Bonchev–Trinajstić information content (AvgIpc) is 2.39. The first kappa shape index (κ1) is 11.2. The zero-order chi connectivity index (χ0) is 12.3. The summed E-state index contributed by atoms with van der Waals surface area (Å²) in [6, 6.07) is 15.7. The topological polar surface area (TPSA) is 52.3 Å². The van der Waals surface area contributed by atoms with Crippen molar-refractivity contribution < 1.29 is 9.53 Å². The number of nitrogens with two attached hydrogens (primary N) is 1. The molecule has 0 heterocycles. The van der Waals surface area contributed by atoms with E-state index in [9.17, 15) is 4.79 Å². The van der Waals surface area contributed by atoms with Crippen LogP contribution in [0.2, 0.25) is 0 Å². The van der Waals surface area contributed by atoms with Crippen molar-refractivity contribution in [2.45, 2.75) is 0 Å². The van der Waals surface area contributed by atoms with E-state index in [2.05, 4.69) is 6.07 Å². The predicted octanol–water partition coefficient (Wildman–Crippen LogP) is 2.26. The molecule has 0 aliphatic rings. The van der Waals surface area contributed by atoms with Gasteiger partial charge in [0.15, 0.2) is 0 Å². The summed E-state index contributed by atoms with van der Waals surface area (Å²) < 4.78 is 5.08. The minimum atomic E-state index is -0.476. The summed E-state index contributed by atoms with van der Waals surface area (Å²) in [5, 5.41) is 0. The van der Waals surface area contributed by atoms with Gasteiger partial charge >= 0.3 is 0 Å². The lowest BCUT2D eigenvalue weighted by molar-refractivity contribution is 0.100. The maximum absolute atomic E-state index is 11.3. The van der Waals surface area contributed by atoms with Gasteiger partial charge in [0.05, 0.1) is 12.7 Å². The third-order valence-corrected chi connectivity index (χ3v) is 2.50. The van der Waals surface area contributed by atoms with Gasteiger partial charge in [-0.25, -0.2) is 0 Å². The van der Waals surface area contributed by atoms with Gasteiger partial charge in [-0.2, -0.15) is 0 Å². The van der Waals surface area contributed by atoms with Crippen molar-refractivity contribution in [3.8, 4) is 16.9 Å². The van der Waals surface area contributed by atoms with E-state index in [0.29, 0.717) is 5.56 Å². The number of methoxy groups -OCH3 is 1. The summed E-state index contributed by atoms with van der Waals surface area (Å²) in [6.07, 6.45) is 0. The molecule has 85 valence electrons. The van der Waals surface area contributed by atoms with E-state index in [1.165, 1.54) is 0 Å². The fraction of sp³-hybridized carbons (Fsp3) is 0.0714. The van der Waals surface area contributed by atoms with Gasteiger partial charge in [0.25, 0.3) is 0 Å².